The van der Waals surface area contributed by atoms with Gasteiger partial charge in [0.15, 0.2) is 6.10 Å². The van der Waals surface area contributed by atoms with Crippen molar-refractivity contribution >= 4 is 5.97 Å². The minimum absolute atomic E-state index is 0.109. The van der Waals surface area contributed by atoms with Crippen LogP contribution in [0.15, 0.2) is 12.1 Å². The molecule has 1 rings (SSSR count). The first-order chi connectivity index (χ1) is 8.02. The van der Waals surface area contributed by atoms with Gasteiger partial charge in [0.1, 0.15) is 11.6 Å². The second-order valence-corrected chi connectivity index (χ2v) is 3.44. The number of carbonyl (C=O) groups is 1. The summed E-state index contributed by atoms with van der Waals surface area (Å²) in [6, 6.07) is 2.58. The lowest BCUT2D eigenvalue weighted by Gasteiger charge is -2.15. The number of carbonyl (C=O) groups excluding carboxylic acids is 1. The van der Waals surface area contributed by atoms with Crippen molar-refractivity contribution in [3.63, 3.8) is 0 Å². The molecule has 1 atom stereocenters. The first-order valence-corrected chi connectivity index (χ1v) is 5.20. The van der Waals surface area contributed by atoms with Gasteiger partial charge in [-0.25, -0.2) is 9.18 Å². The van der Waals surface area contributed by atoms with Gasteiger partial charge < -0.3 is 14.6 Å². The van der Waals surface area contributed by atoms with Crippen LogP contribution in [0.2, 0.25) is 0 Å². The third-order valence-corrected chi connectivity index (χ3v) is 2.42. The summed E-state index contributed by atoms with van der Waals surface area (Å²) in [6.07, 6.45) is -1.63. The third-order valence-electron chi connectivity index (χ3n) is 2.42. The number of aliphatic hydroxyl groups is 1. The Balaban J connectivity index is 3.16. The Morgan fingerprint density at radius 2 is 2.18 bits per heavy atom. The van der Waals surface area contributed by atoms with Gasteiger partial charge in [-0.05, 0) is 26.0 Å². The molecule has 4 nitrogen and oxygen atoms in total. The van der Waals surface area contributed by atoms with Crippen LogP contribution in [0.25, 0.3) is 0 Å². The monoisotopic (exact) mass is 242 g/mol. The molecule has 1 aromatic carbocycles. The van der Waals surface area contributed by atoms with Gasteiger partial charge in [-0.1, -0.05) is 0 Å². The Labute approximate surface area is 99.0 Å². The summed E-state index contributed by atoms with van der Waals surface area (Å²) in [5.41, 5.74) is 0.274. The predicted octanol–water partition coefficient (Wildman–Crippen LogP) is 1.74. The number of halogens is 1. The highest BCUT2D eigenvalue weighted by molar-refractivity contribution is 5.77. The van der Waals surface area contributed by atoms with E-state index >= 15 is 0 Å². The van der Waals surface area contributed by atoms with Gasteiger partial charge in [0.2, 0.25) is 0 Å². The highest BCUT2D eigenvalue weighted by atomic mass is 19.1. The zero-order chi connectivity index (χ0) is 13.0. The molecule has 0 spiro atoms. The number of methoxy groups -OCH3 is 1. The molecule has 0 heterocycles. The van der Waals surface area contributed by atoms with E-state index in [1.807, 2.05) is 0 Å². The van der Waals surface area contributed by atoms with E-state index in [0.29, 0.717) is 11.3 Å². The largest absolute Gasteiger partial charge is 0.496 e. The van der Waals surface area contributed by atoms with Crippen molar-refractivity contribution in [2.45, 2.75) is 20.0 Å². The smallest absolute Gasteiger partial charge is 0.339 e. The normalized spacial score (nSPS) is 12.1. The lowest BCUT2D eigenvalue weighted by molar-refractivity contribution is -0.153. The van der Waals surface area contributed by atoms with Crippen LogP contribution in [0.1, 0.15) is 24.2 Å². The number of rotatable bonds is 4. The summed E-state index contributed by atoms with van der Waals surface area (Å²) in [5, 5.41) is 9.73. The fourth-order valence-electron chi connectivity index (χ4n) is 1.57. The molecule has 1 unspecified atom stereocenters. The summed E-state index contributed by atoms with van der Waals surface area (Å²) in [7, 11) is 1.43. The minimum Gasteiger partial charge on any atom is -0.496 e. The molecule has 0 saturated heterocycles. The van der Waals surface area contributed by atoms with Gasteiger partial charge in [0.05, 0.1) is 13.7 Å². The lowest BCUT2D eigenvalue weighted by Crippen LogP contribution is -2.18. The molecule has 0 fully saturated rings. The molecule has 0 bridgehead atoms. The zero-order valence-electron chi connectivity index (χ0n) is 9.99. The number of ether oxygens (including phenoxy) is 2. The Morgan fingerprint density at radius 3 is 2.71 bits per heavy atom. The molecular formula is C12H15FO4. The summed E-state index contributed by atoms with van der Waals surface area (Å²) >= 11 is 0. The molecule has 0 amide bonds. The number of hydrogen-bond donors (Lipinski definition) is 1. The summed E-state index contributed by atoms with van der Waals surface area (Å²) in [5.74, 6) is -1.13. The molecule has 0 aliphatic carbocycles. The second kappa shape index (κ2) is 5.63. The van der Waals surface area contributed by atoms with Crippen LogP contribution in [-0.2, 0) is 9.53 Å². The highest BCUT2D eigenvalue weighted by Crippen LogP contribution is 2.29. The standard InChI is InChI=1S/C12H15FO4/c1-4-17-12(15)11(14)10-7(2)9(16-3)6-5-8(10)13/h5-6,11,14H,4H2,1-3H3. The highest BCUT2D eigenvalue weighted by Gasteiger charge is 2.25. The number of benzene rings is 1. The van der Waals surface area contributed by atoms with Gasteiger partial charge in [-0.3, -0.25) is 0 Å². The Kier molecular flexibility index (Phi) is 4.45. The van der Waals surface area contributed by atoms with Crippen molar-refractivity contribution in [2.75, 3.05) is 13.7 Å². The van der Waals surface area contributed by atoms with Crippen molar-refractivity contribution in [3.05, 3.63) is 29.1 Å². The molecule has 1 N–H and O–H groups in total. The van der Waals surface area contributed by atoms with Crippen molar-refractivity contribution in [2.24, 2.45) is 0 Å². The van der Waals surface area contributed by atoms with Gasteiger partial charge in [0, 0.05) is 11.1 Å². The predicted molar refractivity (Wildman–Crippen MR) is 59.3 cm³/mol. The van der Waals surface area contributed by atoms with Crippen LogP contribution in [-0.4, -0.2) is 24.8 Å². The topological polar surface area (TPSA) is 55.8 Å². The van der Waals surface area contributed by atoms with Gasteiger partial charge in [0.25, 0.3) is 0 Å². The van der Waals surface area contributed by atoms with E-state index in [1.165, 1.54) is 13.2 Å². The maximum absolute atomic E-state index is 13.6. The number of esters is 1. The van der Waals surface area contributed by atoms with E-state index in [2.05, 4.69) is 4.74 Å². The van der Waals surface area contributed by atoms with Crippen LogP contribution in [0, 0.1) is 12.7 Å². The molecular weight excluding hydrogens is 227 g/mol. The van der Waals surface area contributed by atoms with E-state index in [1.54, 1.807) is 13.8 Å². The van der Waals surface area contributed by atoms with Gasteiger partial charge >= 0.3 is 5.97 Å². The van der Waals surface area contributed by atoms with Crippen molar-refractivity contribution in [1.29, 1.82) is 0 Å². The summed E-state index contributed by atoms with van der Waals surface area (Å²) < 4.78 is 23.2. The van der Waals surface area contributed by atoms with Crippen molar-refractivity contribution < 1.29 is 23.8 Å². The van der Waals surface area contributed by atoms with Crippen LogP contribution in [0.3, 0.4) is 0 Å². The average molecular weight is 242 g/mol. The summed E-state index contributed by atoms with van der Waals surface area (Å²) in [6.45, 7) is 3.31. The lowest BCUT2D eigenvalue weighted by atomic mass is 10.0. The second-order valence-electron chi connectivity index (χ2n) is 3.44. The third kappa shape index (κ3) is 2.74. The molecule has 5 heteroatoms. The molecule has 0 aliphatic heterocycles. The number of hydrogen-bond acceptors (Lipinski definition) is 4. The van der Waals surface area contributed by atoms with Crippen molar-refractivity contribution in [3.8, 4) is 5.75 Å². The fourth-order valence-corrected chi connectivity index (χ4v) is 1.57. The Hall–Kier alpha value is -1.62. The Morgan fingerprint density at radius 1 is 1.53 bits per heavy atom. The maximum atomic E-state index is 13.6. The van der Waals surface area contributed by atoms with E-state index < -0.39 is 17.9 Å². The average Bonchev–Trinajstić information content (AvgIpc) is 2.29. The Bertz CT molecular complexity index is 417. The first-order valence-electron chi connectivity index (χ1n) is 5.20. The maximum Gasteiger partial charge on any atom is 0.339 e. The molecule has 94 valence electrons. The molecule has 0 aliphatic rings. The molecule has 0 radical (unpaired) electrons. The van der Waals surface area contributed by atoms with E-state index in [-0.39, 0.29) is 12.2 Å². The van der Waals surface area contributed by atoms with Gasteiger partial charge in [-0.2, -0.15) is 0 Å². The van der Waals surface area contributed by atoms with Crippen LogP contribution in [0.5, 0.6) is 5.75 Å². The molecule has 0 aromatic heterocycles. The molecule has 17 heavy (non-hydrogen) atoms. The van der Waals surface area contributed by atoms with Crippen LogP contribution >= 0.6 is 0 Å². The van der Waals surface area contributed by atoms with Crippen LogP contribution < -0.4 is 4.74 Å². The van der Waals surface area contributed by atoms with Crippen molar-refractivity contribution in [1.82, 2.24) is 0 Å². The number of aliphatic hydroxyl groups excluding tert-OH is 1. The quantitative estimate of drug-likeness (QED) is 0.817. The fraction of sp³-hybridized carbons (Fsp3) is 0.417. The van der Waals surface area contributed by atoms with E-state index in [9.17, 15) is 14.3 Å². The molecule has 0 saturated carbocycles. The van der Waals surface area contributed by atoms with Gasteiger partial charge in [-0.15, -0.1) is 0 Å². The van der Waals surface area contributed by atoms with E-state index in [0.717, 1.165) is 6.07 Å². The first kappa shape index (κ1) is 13.4. The van der Waals surface area contributed by atoms with Crippen LogP contribution in [0.4, 0.5) is 4.39 Å². The van der Waals surface area contributed by atoms with E-state index in [4.69, 9.17) is 4.74 Å². The zero-order valence-corrected chi connectivity index (χ0v) is 9.99. The molecule has 1 aromatic rings. The SMILES string of the molecule is CCOC(=O)C(O)c1c(F)ccc(OC)c1C. The minimum atomic E-state index is -1.63. The summed E-state index contributed by atoms with van der Waals surface area (Å²) in [4.78, 5) is 11.4.